The van der Waals surface area contributed by atoms with Crippen molar-refractivity contribution in [3.05, 3.63) is 35.4 Å². The highest BCUT2D eigenvalue weighted by Crippen LogP contribution is 2.45. The molecular weight excluding hydrogens is 220 g/mol. The van der Waals surface area contributed by atoms with Gasteiger partial charge in [0.25, 0.3) is 0 Å². The Bertz CT molecular complexity index is 365. The molecule has 0 atom stereocenters. The molecule has 0 unspecified atom stereocenters. The Morgan fingerprint density at radius 2 is 1.89 bits per heavy atom. The first-order valence-electron chi connectivity index (χ1n) is 7.02. The lowest BCUT2D eigenvalue weighted by atomic mass is 10.1. The second-order valence-corrected chi connectivity index (χ2v) is 6.00. The molecule has 1 aromatic carbocycles. The van der Waals surface area contributed by atoms with Gasteiger partial charge in [0.2, 0.25) is 0 Å². The van der Waals surface area contributed by atoms with Crippen LogP contribution in [-0.4, -0.2) is 38.6 Å². The van der Waals surface area contributed by atoms with Crippen molar-refractivity contribution in [2.24, 2.45) is 5.41 Å². The van der Waals surface area contributed by atoms with Crippen LogP contribution in [0.5, 0.6) is 0 Å². The van der Waals surface area contributed by atoms with Crippen LogP contribution in [0.3, 0.4) is 0 Å². The molecule has 1 fully saturated rings. The molecule has 0 spiro atoms. The van der Waals surface area contributed by atoms with Crippen LogP contribution in [0.15, 0.2) is 24.3 Å². The summed E-state index contributed by atoms with van der Waals surface area (Å²) in [5.41, 5.74) is 3.38. The van der Waals surface area contributed by atoms with Gasteiger partial charge in [0.1, 0.15) is 0 Å². The molecule has 2 nitrogen and oxygen atoms in total. The van der Waals surface area contributed by atoms with Crippen molar-refractivity contribution in [2.45, 2.75) is 26.2 Å². The molecule has 0 heterocycles. The quantitative estimate of drug-likeness (QED) is 0.795. The number of hydrogen-bond donors (Lipinski definition) is 1. The Morgan fingerprint density at radius 1 is 1.22 bits per heavy atom. The summed E-state index contributed by atoms with van der Waals surface area (Å²) >= 11 is 0. The van der Waals surface area contributed by atoms with E-state index in [0.717, 1.165) is 13.0 Å². The van der Waals surface area contributed by atoms with E-state index in [1.807, 2.05) is 0 Å². The van der Waals surface area contributed by atoms with E-state index in [4.69, 9.17) is 0 Å². The van der Waals surface area contributed by atoms with E-state index in [1.54, 1.807) is 0 Å². The van der Waals surface area contributed by atoms with Gasteiger partial charge in [0, 0.05) is 19.6 Å². The van der Waals surface area contributed by atoms with E-state index in [0.29, 0.717) is 5.41 Å². The molecule has 1 N–H and O–H groups in total. The van der Waals surface area contributed by atoms with Crippen LogP contribution < -0.4 is 5.32 Å². The summed E-state index contributed by atoms with van der Waals surface area (Å²) in [7, 11) is 4.32. The number of nitrogens with zero attached hydrogens (tertiary/aromatic N) is 1. The van der Waals surface area contributed by atoms with E-state index in [-0.39, 0.29) is 0 Å². The van der Waals surface area contributed by atoms with Crippen LogP contribution in [0.4, 0.5) is 0 Å². The normalized spacial score (nSPS) is 17.1. The molecule has 1 saturated carbocycles. The fourth-order valence-corrected chi connectivity index (χ4v) is 2.67. The summed E-state index contributed by atoms with van der Waals surface area (Å²) in [5, 5.41) is 3.33. The monoisotopic (exact) mass is 246 g/mol. The lowest BCUT2D eigenvalue weighted by molar-refractivity contribution is 0.262. The predicted molar refractivity (Wildman–Crippen MR) is 78.0 cm³/mol. The molecule has 18 heavy (non-hydrogen) atoms. The summed E-state index contributed by atoms with van der Waals surface area (Å²) in [6, 6.07) is 8.92. The molecule has 0 amide bonds. The summed E-state index contributed by atoms with van der Waals surface area (Å²) in [5.74, 6) is 0. The Balaban J connectivity index is 1.75. The molecule has 1 aliphatic rings. The van der Waals surface area contributed by atoms with Gasteiger partial charge in [-0.3, -0.25) is 0 Å². The van der Waals surface area contributed by atoms with E-state index < -0.39 is 0 Å². The van der Waals surface area contributed by atoms with Crippen molar-refractivity contribution >= 4 is 0 Å². The van der Waals surface area contributed by atoms with Crippen molar-refractivity contribution in [1.82, 2.24) is 10.2 Å². The SMILES string of the molecule is CNCC1(CN(C)CCc2ccc(C)cc2)CC1. The number of rotatable bonds is 7. The number of hydrogen-bond acceptors (Lipinski definition) is 2. The maximum atomic E-state index is 3.33. The molecule has 0 saturated heterocycles. The lowest BCUT2D eigenvalue weighted by Crippen LogP contribution is -2.33. The number of aryl methyl sites for hydroxylation is 1. The number of benzene rings is 1. The number of nitrogens with one attached hydrogen (secondary N) is 1. The first-order valence-corrected chi connectivity index (χ1v) is 7.02. The predicted octanol–water partition coefficient (Wildman–Crippen LogP) is 2.47. The molecule has 0 aliphatic heterocycles. The molecule has 1 aliphatic carbocycles. The van der Waals surface area contributed by atoms with Crippen LogP contribution in [0.2, 0.25) is 0 Å². The Morgan fingerprint density at radius 3 is 2.44 bits per heavy atom. The van der Waals surface area contributed by atoms with Crippen LogP contribution in [0, 0.1) is 12.3 Å². The highest BCUT2D eigenvalue weighted by Gasteiger charge is 2.42. The maximum absolute atomic E-state index is 3.33. The first-order chi connectivity index (χ1) is 8.63. The Labute approximate surface area is 111 Å². The van der Waals surface area contributed by atoms with Crippen molar-refractivity contribution in [3.8, 4) is 0 Å². The van der Waals surface area contributed by atoms with Gasteiger partial charge < -0.3 is 10.2 Å². The van der Waals surface area contributed by atoms with E-state index in [1.165, 1.54) is 37.1 Å². The Hall–Kier alpha value is -0.860. The van der Waals surface area contributed by atoms with Crippen LogP contribution >= 0.6 is 0 Å². The largest absolute Gasteiger partial charge is 0.319 e. The van der Waals surface area contributed by atoms with E-state index in [9.17, 15) is 0 Å². The standard InChI is InChI=1S/C16H26N2/c1-14-4-6-15(7-5-14)8-11-18(3)13-16(9-10-16)12-17-2/h4-7,17H,8-13H2,1-3H3. The second kappa shape index (κ2) is 5.85. The van der Waals surface area contributed by atoms with Crippen molar-refractivity contribution in [3.63, 3.8) is 0 Å². The van der Waals surface area contributed by atoms with Gasteiger partial charge in [-0.25, -0.2) is 0 Å². The van der Waals surface area contributed by atoms with Crippen molar-refractivity contribution in [1.29, 1.82) is 0 Å². The molecule has 0 aromatic heterocycles. The number of likely N-dealkylation sites (N-methyl/N-ethyl adjacent to an activating group) is 1. The van der Waals surface area contributed by atoms with Gasteiger partial charge >= 0.3 is 0 Å². The molecule has 2 rings (SSSR count). The summed E-state index contributed by atoms with van der Waals surface area (Å²) in [6.45, 7) is 5.71. The molecule has 100 valence electrons. The average Bonchev–Trinajstić information content (AvgIpc) is 3.08. The summed E-state index contributed by atoms with van der Waals surface area (Å²) in [6.07, 6.45) is 3.94. The minimum Gasteiger partial charge on any atom is -0.319 e. The van der Waals surface area contributed by atoms with Crippen LogP contribution in [0.1, 0.15) is 24.0 Å². The van der Waals surface area contributed by atoms with Gasteiger partial charge in [-0.05, 0) is 51.3 Å². The van der Waals surface area contributed by atoms with Gasteiger partial charge in [-0.2, -0.15) is 0 Å². The topological polar surface area (TPSA) is 15.3 Å². The third-order valence-electron chi connectivity index (χ3n) is 4.02. The smallest absolute Gasteiger partial charge is 0.00472 e. The second-order valence-electron chi connectivity index (χ2n) is 6.00. The lowest BCUT2D eigenvalue weighted by Gasteiger charge is -2.23. The van der Waals surface area contributed by atoms with E-state index >= 15 is 0 Å². The first kappa shape index (κ1) is 13.6. The zero-order chi connectivity index (χ0) is 13.0. The summed E-state index contributed by atoms with van der Waals surface area (Å²) in [4.78, 5) is 2.49. The fourth-order valence-electron chi connectivity index (χ4n) is 2.67. The fraction of sp³-hybridized carbons (Fsp3) is 0.625. The zero-order valence-electron chi connectivity index (χ0n) is 12.0. The van der Waals surface area contributed by atoms with Crippen LogP contribution in [-0.2, 0) is 6.42 Å². The van der Waals surface area contributed by atoms with Crippen molar-refractivity contribution < 1.29 is 0 Å². The van der Waals surface area contributed by atoms with Crippen molar-refractivity contribution in [2.75, 3.05) is 33.7 Å². The maximum Gasteiger partial charge on any atom is 0.00472 e. The van der Waals surface area contributed by atoms with Crippen LogP contribution in [0.25, 0.3) is 0 Å². The highest BCUT2D eigenvalue weighted by atomic mass is 15.1. The molecule has 0 bridgehead atoms. The van der Waals surface area contributed by atoms with Gasteiger partial charge in [0.05, 0.1) is 0 Å². The van der Waals surface area contributed by atoms with Gasteiger partial charge in [-0.1, -0.05) is 29.8 Å². The third-order valence-corrected chi connectivity index (χ3v) is 4.02. The molecule has 0 radical (unpaired) electrons. The van der Waals surface area contributed by atoms with Gasteiger partial charge in [0.15, 0.2) is 0 Å². The third kappa shape index (κ3) is 3.82. The average molecular weight is 246 g/mol. The van der Waals surface area contributed by atoms with Gasteiger partial charge in [-0.15, -0.1) is 0 Å². The minimum atomic E-state index is 0.580. The summed E-state index contributed by atoms with van der Waals surface area (Å²) < 4.78 is 0. The molecule has 1 aromatic rings. The Kier molecular flexibility index (Phi) is 4.41. The highest BCUT2D eigenvalue weighted by molar-refractivity contribution is 5.21. The molecular formula is C16H26N2. The zero-order valence-corrected chi connectivity index (χ0v) is 12.0. The minimum absolute atomic E-state index is 0.580. The molecule has 2 heteroatoms. The van der Waals surface area contributed by atoms with E-state index in [2.05, 4.69) is 55.5 Å².